The Morgan fingerprint density at radius 2 is 1.56 bits per heavy atom. The van der Waals surface area contributed by atoms with Crippen molar-refractivity contribution in [2.45, 2.75) is 12.1 Å². The molecular weight excluding hydrogens is 538 g/mol. The molecular formula is C31H29N5O4S. The fraction of sp³-hybridized carbons (Fsp3) is 0.161. The summed E-state index contributed by atoms with van der Waals surface area (Å²) in [6, 6.07) is 27.4. The van der Waals surface area contributed by atoms with Crippen LogP contribution >= 0.6 is 11.8 Å². The van der Waals surface area contributed by atoms with Gasteiger partial charge in [-0.25, -0.2) is 5.43 Å². The van der Waals surface area contributed by atoms with Crippen molar-refractivity contribution in [3.05, 3.63) is 90.5 Å². The second-order valence-electron chi connectivity index (χ2n) is 8.94. The first-order valence-corrected chi connectivity index (χ1v) is 13.8. The van der Waals surface area contributed by atoms with Crippen LogP contribution in [0.5, 0.6) is 17.2 Å². The van der Waals surface area contributed by atoms with Crippen LogP contribution in [-0.2, 0) is 4.79 Å². The minimum absolute atomic E-state index is 0.0898. The number of fused-ring (bicyclic) bond motifs is 1. The van der Waals surface area contributed by atoms with Crippen molar-refractivity contribution in [2.75, 3.05) is 27.1 Å². The number of hydrazone groups is 1. The van der Waals surface area contributed by atoms with Crippen LogP contribution in [-0.4, -0.2) is 53.5 Å². The average molecular weight is 568 g/mol. The number of methoxy groups -OCH3 is 3. The molecule has 1 amide bonds. The van der Waals surface area contributed by atoms with E-state index in [-0.39, 0.29) is 11.7 Å². The summed E-state index contributed by atoms with van der Waals surface area (Å²) >= 11 is 1.26. The van der Waals surface area contributed by atoms with Crippen LogP contribution in [0.25, 0.3) is 27.8 Å². The molecule has 5 aromatic rings. The van der Waals surface area contributed by atoms with Crippen LogP contribution in [0.15, 0.2) is 95.2 Å². The lowest BCUT2D eigenvalue weighted by atomic mass is 10.0. The monoisotopic (exact) mass is 567 g/mol. The fourth-order valence-corrected chi connectivity index (χ4v) is 5.22. The van der Waals surface area contributed by atoms with E-state index < -0.39 is 0 Å². The van der Waals surface area contributed by atoms with Crippen molar-refractivity contribution in [1.29, 1.82) is 0 Å². The van der Waals surface area contributed by atoms with E-state index in [2.05, 4.69) is 32.9 Å². The molecule has 41 heavy (non-hydrogen) atoms. The van der Waals surface area contributed by atoms with E-state index in [1.807, 2.05) is 84.3 Å². The summed E-state index contributed by atoms with van der Waals surface area (Å²) in [7, 11) is 4.68. The zero-order valence-electron chi connectivity index (χ0n) is 23.1. The quantitative estimate of drug-likeness (QED) is 0.130. The highest BCUT2D eigenvalue weighted by Crippen LogP contribution is 2.41. The van der Waals surface area contributed by atoms with Gasteiger partial charge in [-0.2, -0.15) is 5.10 Å². The molecule has 0 aliphatic carbocycles. The number of benzene rings is 4. The molecule has 4 aromatic carbocycles. The predicted molar refractivity (Wildman–Crippen MR) is 161 cm³/mol. The summed E-state index contributed by atoms with van der Waals surface area (Å²) in [5, 5.41) is 16.0. The van der Waals surface area contributed by atoms with Crippen LogP contribution in [0, 0.1) is 0 Å². The molecule has 0 unspecified atom stereocenters. The first-order valence-electron chi connectivity index (χ1n) is 12.8. The van der Waals surface area contributed by atoms with Crippen molar-refractivity contribution >= 4 is 34.2 Å². The Morgan fingerprint density at radius 1 is 0.878 bits per heavy atom. The molecule has 208 valence electrons. The lowest BCUT2D eigenvalue weighted by Crippen LogP contribution is -2.21. The first-order chi connectivity index (χ1) is 20.0. The van der Waals surface area contributed by atoms with Crippen LogP contribution in [0.4, 0.5) is 0 Å². The van der Waals surface area contributed by atoms with Gasteiger partial charge in [-0.05, 0) is 42.0 Å². The van der Waals surface area contributed by atoms with Gasteiger partial charge < -0.3 is 14.2 Å². The van der Waals surface area contributed by atoms with Gasteiger partial charge in [-0.3, -0.25) is 9.36 Å². The zero-order chi connectivity index (χ0) is 28.8. The number of thioether (sulfide) groups is 1. The third-order valence-electron chi connectivity index (χ3n) is 6.43. The van der Waals surface area contributed by atoms with Gasteiger partial charge in [-0.15, -0.1) is 10.2 Å². The summed E-state index contributed by atoms with van der Waals surface area (Å²) in [4.78, 5) is 12.8. The van der Waals surface area contributed by atoms with Gasteiger partial charge in [-0.1, -0.05) is 72.4 Å². The van der Waals surface area contributed by atoms with Crippen molar-refractivity contribution in [3.8, 4) is 34.3 Å². The van der Waals surface area contributed by atoms with Crippen molar-refractivity contribution in [1.82, 2.24) is 20.2 Å². The standard InChI is InChI=1S/C31H29N5O4S/c1-20(24-16-10-12-21-11-8-9-15-25(21)24)32-33-28(37)19-41-31-35-34-30(36(31)23-13-6-5-7-14-23)22-17-26(38-2)29(40-4)27(18-22)39-3/h5-18H,19H2,1-4H3,(H,33,37)/b32-20+. The number of hydrogen-bond acceptors (Lipinski definition) is 8. The summed E-state index contributed by atoms with van der Waals surface area (Å²) in [6.07, 6.45) is 0. The van der Waals surface area contributed by atoms with Gasteiger partial charge in [0, 0.05) is 16.8 Å². The highest BCUT2D eigenvalue weighted by Gasteiger charge is 2.21. The van der Waals surface area contributed by atoms with Crippen LogP contribution in [0.3, 0.4) is 0 Å². The fourth-order valence-electron chi connectivity index (χ4n) is 4.48. The van der Waals surface area contributed by atoms with E-state index in [0.29, 0.717) is 33.8 Å². The number of carbonyl (C=O) groups excluding carboxylic acids is 1. The third-order valence-corrected chi connectivity index (χ3v) is 7.36. The summed E-state index contributed by atoms with van der Waals surface area (Å²) < 4.78 is 18.4. The third kappa shape index (κ3) is 5.87. The van der Waals surface area contributed by atoms with E-state index in [0.717, 1.165) is 27.7 Å². The highest BCUT2D eigenvalue weighted by molar-refractivity contribution is 7.99. The summed E-state index contributed by atoms with van der Waals surface area (Å²) in [5.74, 6) is 1.87. The predicted octanol–water partition coefficient (Wildman–Crippen LogP) is 5.75. The highest BCUT2D eigenvalue weighted by atomic mass is 32.2. The topological polar surface area (TPSA) is 99.9 Å². The molecule has 1 aromatic heterocycles. The number of nitrogens with zero attached hydrogens (tertiary/aromatic N) is 4. The Morgan fingerprint density at radius 3 is 2.27 bits per heavy atom. The smallest absolute Gasteiger partial charge is 0.250 e. The number of hydrogen-bond donors (Lipinski definition) is 1. The first kappa shape index (κ1) is 27.7. The second-order valence-corrected chi connectivity index (χ2v) is 9.88. The Labute approximate surface area is 242 Å². The number of aromatic nitrogens is 3. The van der Waals surface area contributed by atoms with Gasteiger partial charge in [0.1, 0.15) is 0 Å². The molecule has 0 saturated carbocycles. The van der Waals surface area contributed by atoms with Crippen LogP contribution in [0.1, 0.15) is 12.5 Å². The van der Waals surface area contributed by atoms with Gasteiger partial charge in [0.05, 0.1) is 32.8 Å². The molecule has 1 heterocycles. The van der Waals surface area contributed by atoms with Gasteiger partial charge >= 0.3 is 0 Å². The van der Waals surface area contributed by atoms with E-state index in [9.17, 15) is 4.79 Å². The summed E-state index contributed by atoms with van der Waals surface area (Å²) in [5.41, 5.74) is 5.92. The van der Waals surface area contributed by atoms with E-state index in [4.69, 9.17) is 14.2 Å². The maximum absolute atomic E-state index is 12.8. The molecule has 1 N–H and O–H groups in total. The minimum atomic E-state index is -0.258. The Kier molecular flexibility index (Phi) is 8.50. The van der Waals surface area contributed by atoms with E-state index >= 15 is 0 Å². The van der Waals surface area contributed by atoms with Gasteiger partial charge in [0.15, 0.2) is 22.5 Å². The van der Waals surface area contributed by atoms with Crippen molar-refractivity contribution in [3.63, 3.8) is 0 Å². The Hall–Kier alpha value is -4.83. The number of carbonyl (C=O) groups is 1. The second kappa shape index (κ2) is 12.6. The molecule has 0 saturated heterocycles. The largest absolute Gasteiger partial charge is 0.493 e. The lowest BCUT2D eigenvalue weighted by molar-refractivity contribution is -0.118. The molecule has 0 radical (unpaired) electrons. The zero-order valence-corrected chi connectivity index (χ0v) is 23.9. The number of rotatable bonds is 10. The molecule has 0 atom stereocenters. The van der Waals surface area contributed by atoms with E-state index in [1.54, 1.807) is 21.3 Å². The normalized spacial score (nSPS) is 11.4. The number of para-hydroxylation sites is 1. The number of amides is 1. The van der Waals surface area contributed by atoms with Crippen molar-refractivity contribution < 1.29 is 19.0 Å². The van der Waals surface area contributed by atoms with Crippen LogP contribution in [0.2, 0.25) is 0 Å². The van der Waals surface area contributed by atoms with Gasteiger partial charge in [0.25, 0.3) is 5.91 Å². The summed E-state index contributed by atoms with van der Waals surface area (Å²) in [6.45, 7) is 1.88. The Bertz CT molecular complexity index is 1690. The molecule has 10 heteroatoms. The Balaban J connectivity index is 1.40. The maximum Gasteiger partial charge on any atom is 0.250 e. The molecule has 0 fully saturated rings. The molecule has 9 nitrogen and oxygen atoms in total. The molecule has 0 aliphatic heterocycles. The van der Waals surface area contributed by atoms with E-state index in [1.165, 1.54) is 11.8 Å². The average Bonchev–Trinajstić information content (AvgIpc) is 3.46. The number of ether oxygens (including phenoxy) is 3. The lowest BCUT2D eigenvalue weighted by Gasteiger charge is -2.15. The minimum Gasteiger partial charge on any atom is -0.493 e. The van der Waals surface area contributed by atoms with Crippen LogP contribution < -0.4 is 19.6 Å². The van der Waals surface area contributed by atoms with Crippen molar-refractivity contribution in [2.24, 2.45) is 5.10 Å². The molecule has 0 spiro atoms. The molecule has 0 aliphatic rings. The number of nitrogens with one attached hydrogen (secondary N) is 1. The van der Waals surface area contributed by atoms with Gasteiger partial charge in [0.2, 0.25) is 5.75 Å². The molecule has 5 rings (SSSR count). The molecule has 0 bridgehead atoms. The maximum atomic E-state index is 12.8. The SMILES string of the molecule is COc1cc(-c2nnc(SCC(=O)N/N=C(\C)c3cccc4ccccc34)n2-c2ccccc2)cc(OC)c1OC.